The summed E-state index contributed by atoms with van der Waals surface area (Å²) >= 11 is 0. The van der Waals surface area contributed by atoms with Gasteiger partial charge in [0.1, 0.15) is 0 Å². The van der Waals surface area contributed by atoms with Crippen LogP contribution in [0.2, 0.25) is 0 Å². The molecular formula is C17H27NO. The van der Waals surface area contributed by atoms with Gasteiger partial charge < -0.3 is 10.4 Å². The highest BCUT2D eigenvalue weighted by Gasteiger charge is 2.31. The lowest BCUT2D eigenvalue weighted by Gasteiger charge is -2.22. The van der Waals surface area contributed by atoms with E-state index in [1.807, 2.05) is 6.92 Å². The van der Waals surface area contributed by atoms with Crippen LogP contribution in [0, 0.1) is 11.8 Å². The fourth-order valence-electron chi connectivity index (χ4n) is 2.79. The lowest BCUT2D eigenvalue weighted by atomic mass is 10.00. The van der Waals surface area contributed by atoms with Crippen LogP contribution in [0.5, 0.6) is 0 Å². The Bertz CT molecular complexity index is 359. The van der Waals surface area contributed by atoms with E-state index in [1.54, 1.807) is 0 Å². The molecule has 1 aromatic rings. The summed E-state index contributed by atoms with van der Waals surface area (Å²) in [7, 11) is 0. The summed E-state index contributed by atoms with van der Waals surface area (Å²) in [4.78, 5) is 0. The van der Waals surface area contributed by atoms with Gasteiger partial charge in [0.25, 0.3) is 0 Å². The second-order valence-electron chi connectivity index (χ2n) is 6.23. The Labute approximate surface area is 117 Å². The number of nitrogens with one attached hydrogen (secondary N) is 1. The first kappa shape index (κ1) is 14.5. The maximum absolute atomic E-state index is 9.42. The van der Waals surface area contributed by atoms with E-state index >= 15 is 0 Å². The molecule has 0 spiro atoms. The predicted molar refractivity (Wildman–Crippen MR) is 80.1 cm³/mol. The molecule has 0 saturated heterocycles. The molecule has 1 aromatic carbocycles. The molecular weight excluding hydrogens is 234 g/mol. The van der Waals surface area contributed by atoms with Crippen molar-refractivity contribution in [3.8, 4) is 0 Å². The van der Waals surface area contributed by atoms with Crippen molar-refractivity contribution in [3.05, 3.63) is 35.9 Å². The molecule has 3 atom stereocenters. The maximum atomic E-state index is 9.42. The zero-order valence-electron chi connectivity index (χ0n) is 12.2. The quantitative estimate of drug-likeness (QED) is 0.754. The summed E-state index contributed by atoms with van der Waals surface area (Å²) in [5.41, 5.74) is 1.43. The van der Waals surface area contributed by atoms with Gasteiger partial charge in [-0.15, -0.1) is 0 Å². The normalized spacial score (nSPS) is 19.9. The van der Waals surface area contributed by atoms with Gasteiger partial charge in [-0.25, -0.2) is 0 Å². The molecule has 2 nitrogen and oxygen atoms in total. The Morgan fingerprint density at radius 1 is 1.21 bits per heavy atom. The number of rotatable bonds is 8. The van der Waals surface area contributed by atoms with Gasteiger partial charge in [-0.2, -0.15) is 0 Å². The highest BCUT2D eigenvalue weighted by molar-refractivity contribution is 5.16. The zero-order valence-corrected chi connectivity index (χ0v) is 12.2. The molecule has 2 rings (SSSR count). The van der Waals surface area contributed by atoms with E-state index in [9.17, 15) is 5.11 Å². The van der Waals surface area contributed by atoms with Crippen LogP contribution in [0.4, 0.5) is 0 Å². The van der Waals surface area contributed by atoms with Crippen molar-refractivity contribution >= 4 is 0 Å². The molecule has 0 heterocycles. The summed E-state index contributed by atoms with van der Waals surface area (Å²) in [6.45, 7) is 5.10. The summed E-state index contributed by atoms with van der Waals surface area (Å²) in [6, 6.07) is 11.4. The molecule has 106 valence electrons. The van der Waals surface area contributed by atoms with E-state index in [0.29, 0.717) is 12.0 Å². The summed E-state index contributed by atoms with van der Waals surface area (Å²) < 4.78 is 0. The van der Waals surface area contributed by atoms with E-state index in [4.69, 9.17) is 0 Å². The number of benzene rings is 1. The van der Waals surface area contributed by atoms with Crippen molar-refractivity contribution in [1.82, 2.24) is 5.32 Å². The minimum Gasteiger partial charge on any atom is -0.393 e. The standard InChI is InChI=1S/C17H27NO/c1-13(10-14(2)19)12-18-17(16-8-9-16)11-15-6-4-3-5-7-15/h3-7,13-14,16-19H,8-12H2,1-2H3. The molecule has 0 amide bonds. The SMILES string of the molecule is CC(O)CC(C)CNC(Cc1ccccc1)C1CC1. The fraction of sp³-hybridized carbons (Fsp3) is 0.647. The fourth-order valence-corrected chi connectivity index (χ4v) is 2.79. The number of hydrogen-bond acceptors (Lipinski definition) is 2. The third-order valence-corrected chi connectivity index (χ3v) is 3.96. The van der Waals surface area contributed by atoms with Crippen LogP contribution in [-0.4, -0.2) is 23.8 Å². The first-order valence-electron chi connectivity index (χ1n) is 7.60. The third kappa shape index (κ3) is 5.33. The van der Waals surface area contributed by atoms with E-state index in [0.717, 1.165) is 25.3 Å². The minimum atomic E-state index is -0.190. The third-order valence-electron chi connectivity index (χ3n) is 3.96. The first-order chi connectivity index (χ1) is 9.15. The minimum absolute atomic E-state index is 0.190. The highest BCUT2D eigenvalue weighted by atomic mass is 16.3. The van der Waals surface area contributed by atoms with Crippen molar-refractivity contribution in [2.75, 3.05) is 6.54 Å². The van der Waals surface area contributed by atoms with Crippen LogP contribution in [0.15, 0.2) is 30.3 Å². The molecule has 1 saturated carbocycles. The van der Waals surface area contributed by atoms with Gasteiger partial charge in [-0.1, -0.05) is 37.3 Å². The first-order valence-corrected chi connectivity index (χ1v) is 7.60. The van der Waals surface area contributed by atoms with E-state index < -0.39 is 0 Å². The van der Waals surface area contributed by atoms with Crippen LogP contribution < -0.4 is 5.32 Å². The Morgan fingerprint density at radius 2 is 1.89 bits per heavy atom. The van der Waals surface area contributed by atoms with Crippen molar-refractivity contribution in [2.45, 2.75) is 51.7 Å². The van der Waals surface area contributed by atoms with Crippen LogP contribution in [0.1, 0.15) is 38.7 Å². The van der Waals surface area contributed by atoms with Gasteiger partial charge in [0.2, 0.25) is 0 Å². The molecule has 3 unspecified atom stereocenters. The van der Waals surface area contributed by atoms with Gasteiger partial charge in [0.15, 0.2) is 0 Å². The monoisotopic (exact) mass is 261 g/mol. The average Bonchev–Trinajstić information content (AvgIpc) is 3.19. The zero-order chi connectivity index (χ0) is 13.7. The van der Waals surface area contributed by atoms with Crippen LogP contribution in [-0.2, 0) is 6.42 Å². The van der Waals surface area contributed by atoms with E-state index in [2.05, 4.69) is 42.6 Å². The molecule has 0 radical (unpaired) electrons. The number of aliphatic hydroxyl groups excluding tert-OH is 1. The molecule has 0 aromatic heterocycles. The van der Waals surface area contributed by atoms with Gasteiger partial charge in [-0.05, 0) is 56.6 Å². The second-order valence-corrected chi connectivity index (χ2v) is 6.23. The Balaban J connectivity index is 1.80. The molecule has 1 aliphatic carbocycles. The summed E-state index contributed by atoms with van der Waals surface area (Å²) in [6.07, 6.45) is 4.57. The molecule has 2 N–H and O–H groups in total. The van der Waals surface area contributed by atoms with Crippen molar-refractivity contribution in [1.29, 1.82) is 0 Å². The Hall–Kier alpha value is -0.860. The largest absolute Gasteiger partial charge is 0.393 e. The van der Waals surface area contributed by atoms with Crippen LogP contribution >= 0.6 is 0 Å². The van der Waals surface area contributed by atoms with Gasteiger partial charge in [0.05, 0.1) is 6.10 Å². The van der Waals surface area contributed by atoms with Crippen molar-refractivity contribution in [3.63, 3.8) is 0 Å². The average molecular weight is 261 g/mol. The smallest absolute Gasteiger partial charge is 0.0515 e. The predicted octanol–water partition coefficient (Wildman–Crippen LogP) is 3.00. The summed E-state index contributed by atoms with van der Waals surface area (Å²) in [5.74, 6) is 1.40. The van der Waals surface area contributed by atoms with Crippen LogP contribution in [0.3, 0.4) is 0 Å². The molecule has 0 bridgehead atoms. The topological polar surface area (TPSA) is 32.3 Å². The molecule has 1 fully saturated rings. The maximum Gasteiger partial charge on any atom is 0.0515 e. The molecule has 1 aliphatic rings. The van der Waals surface area contributed by atoms with Gasteiger partial charge in [-0.3, -0.25) is 0 Å². The lowest BCUT2D eigenvalue weighted by molar-refractivity contribution is 0.162. The highest BCUT2D eigenvalue weighted by Crippen LogP contribution is 2.34. The molecule has 19 heavy (non-hydrogen) atoms. The van der Waals surface area contributed by atoms with Gasteiger partial charge >= 0.3 is 0 Å². The molecule has 0 aliphatic heterocycles. The number of hydrogen-bond donors (Lipinski definition) is 2. The van der Waals surface area contributed by atoms with E-state index in [1.165, 1.54) is 18.4 Å². The lowest BCUT2D eigenvalue weighted by Crippen LogP contribution is -2.36. The number of aliphatic hydroxyl groups is 1. The van der Waals surface area contributed by atoms with Crippen molar-refractivity contribution in [2.24, 2.45) is 11.8 Å². The van der Waals surface area contributed by atoms with E-state index in [-0.39, 0.29) is 6.10 Å². The Morgan fingerprint density at radius 3 is 2.47 bits per heavy atom. The summed E-state index contributed by atoms with van der Waals surface area (Å²) in [5, 5.41) is 13.1. The van der Waals surface area contributed by atoms with Crippen LogP contribution in [0.25, 0.3) is 0 Å². The molecule has 2 heteroatoms. The second kappa shape index (κ2) is 7.06. The van der Waals surface area contributed by atoms with Gasteiger partial charge in [0, 0.05) is 6.04 Å². The Kier molecular flexibility index (Phi) is 5.41. The van der Waals surface area contributed by atoms with Crippen molar-refractivity contribution < 1.29 is 5.11 Å².